The predicted octanol–water partition coefficient (Wildman–Crippen LogP) is 2.04. The number of hydrogen-bond acceptors (Lipinski definition) is 2. The normalized spacial score (nSPS) is 16.6. The van der Waals surface area contributed by atoms with Crippen molar-refractivity contribution in [1.82, 2.24) is 9.47 Å². The van der Waals surface area contributed by atoms with Gasteiger partial charge in [0.2, 0.25) is 0 Å². The molecule has 19 heavy (non-hydrogen) atoms. The van der Waals surface area contributed by atoms with E-state index in [0.717, 1.165) is 36.0 Å². The summed E-state index contributed by atoms with van der Waals surface area (Å²) in [7, 11) is 1.98. The van der Waals surface area contributed by atoms with E-state index in [4.69, 9.17) is 4.74 Å². The number of fused-ring (bicyclic) bond motifs is 1. The second-order valence-corrected chi connectivity index (χ2v) is 4.93. The van der Waals surface area contributed by atoms with Gasteiger partial charge in [-0.25, -0.2) is 0 Å². The summed E-state index contributed by atoms with van der Waals surface area (Å²) in [6.07, 6.45) is 2.84. The lowest BCUT2D eigenvalue weighted by Gasteiger charge is -2.19. The van der Waals surface area contributed by atoms with Gasteiger partial charge in [0.15, 0.2) is 0 Å². The minimum absolute atomic E-state index is 0.113. The Labute approximate surface area is 112 Å². The summed E-state index contributed by atoms with van der Waals surface area (Å²) in [6.45, 7) is 2.85. The van der Waals surface area contributed by atoms with Crippen LogP contribution in [-0.4, -0.2) is 41.7 Å². The molecule has 1 aliphatic heterocycles. The average Bonchev–Trinajstić information content (AvgIpc) is 2.64. The molecule has 1 aromatic heterocycles. The molecule has 1 aliphatic rings. The molecule has 0 unspecified atom stereocenters. The highest BCUT2D eigenvalue weighted by molar-refractivity contribution is 6.06. The van der Waals surface area contributed by atoms with Crippen LogP contribution in [0.3, 0.4) is 0 Å². The number of carbonyl (C=O) groups is 1. The highest BCUT2D eigenvalue weighted by Crippen LogP contribution is 2.22. The zero-order valence-electron chi connectivity index (χ0n) is 11.1. The molecule has 4 nitrogen and oxygen atoms in total. The number of ether oxygens (including phenoxy) is 1. The maximum Gasteiger partial charge on any atom is 0.256 e. The maximum atomic E-state index is 12.6. The standard InChI is InChI=1S/C15H18N2O2/c1-16-11-13(12-5-2-3-6-14(12)16)15(18)17-7-4-9-19-10-8-17/h2-3,5-6,11H,4,7-10H2,1H3. The van der Waals surface area contributed by atoms with Gasteiger partial charge in [0.25, 0.3) is 5.91 Å². The number of carbonyl (C=O) groups excluding carboxylic acids is 1. The third-order valence-electron chi connectivity index (χ3n) is 3.64. The van der Waals surface area contributed by atoms with Crippen LogP contribution in [0.1, 0.15) is 16.8 Å². The molecule has 0 N–H and O–H groups in total. The van der Waals surface area contributed by atoms with E-state index in [9.17, 15) is 4.79 Å². The summed E-state index contributed by atoms with van der Waals surface area (Å²) in [5, 5.41) is 1.03. The highest BCUT2D eigenvalue weighted by Gasteiger charge is 2.20. The molecular formula is C15H18N2O2. The number of aryl methyl sites for hydroxylation is 1. The number of para-hydroxylation sites is 1. The van der Waals surface area contributed by atoms with Crippen LogP contribution >= 0.6 is 0 Å². The van der Waals surface area contributed by atoms with Crippen molar-refractivity contribution in [3.05, 3.63) is 36.0 Å². The molecule has 1 amide bonds. The highest BCUT2D eigenvalue weighted by atomic mass is 16.5. The van der Waals surface area contributed by atoms with Gasteiger partial charge in [-0.05, 0) is 12.5 Å². The summed E-state index contributed by atoms with van der Waals surface area (Å²) in [6, 6.07) is 8.02. The van der Waals surface area contributed by atoms with Crippen LogP contribution in [-0.2, 0) is 11.8 Å². The van der Waals surface area contributed by atoms with E-state index in [1.54, 1.807) is 0 Å². The molecule has 100 valence electrons. The monoisotopic (exact) mass is 258 g/mol. The molecule has 4 heteroatoms. The minimum Gasteiger partial charge on any atom is -0.380 e. The van der Waals surface area contributed by atoms with E-state index < -0.39 is 0 Å². The topological polar surface area (TPSA) is 34.5 Å². The van der Waals surface area contributed by atoms with Crippen molar-refractivity contribution < 1.29 is 9.53 Å². The Bertz CT molecular complexity index is 595. The fourth-order valence-corrected chi connectivity index (χ4v) is 2.63. The van der Waals surface area contributed by atoms with Gasteiger partial charge in [-0.1, -0.05) is 18.2 Å². The Balaban J connectivity index is 1.97. The molecule has 3 rings (SSSR count). The Morgan fingerprint density at radius 2 is 2.05 bits per heavy atom. The summed E-state index contributed by atoms with van der Waals surface area (Å²) < 4.78 is 7.42. The first-order valence-electron chi connectivity index (χ1n) is 6.68. The first-order valence-corrected chi connectivity index (χ1v) is 6.68. The van der Waals surface area contributed by atoms with E-state index >= 15 is 0 Å². The van der Waals surface area contributed by atoms with Crippen molar-refractivity contribution in [3.8, 4) is 0 Å². The van der Waals surface area contributed by atoms with Crippen LogP contribution in [0, 0.1) is 0 Å². The van der Waals surface area contributed by atoms with Gasteiger partial charge in [-0.2, -0.15) is 0 Å². The number of aromatic nitrogens is 1. The molecule has 2 aromatic rings. The SMILES string of the molecule is Cn1cc(C(=O)N2CCCOCC2)c2ccccc21. The molecular weight excluding hydrogens is 240 g/mol. The molecule has 0 bridgehead atoms. The number of hydrogen-bond donors (Lipinski definition) is 0. The van der Waals surface area contributed by atoms with Crippen LogP contribution in [0.5, 0.6) is 0 Å². The summed E-state index contributed by atoms with van der Waals surface area (Å²) >= 11 is 0. The second-order valence-electron chi connectivity index (χ2n) is 4.93. The predicted molar refractivity (Wildman–Crippen MR) is 74.3 cm³/mol. The van der Waals surface area contributed by atoms with E-state index in [1.807, 2.05) is 47.0 Å². The smallest absolute Gasteiger partial charge is 0.256 e. The molecule has 0 saturated carbocycles. The Hall–Kier alpha value is -1.81. The zero-order valence-corrected chi connectivity index (χ0v) is 11.1. The third-order valence-corrected chi connectivity index (χ3v) is 3.64. The lowest BCUT2D eigenvalue weighted by molar-refractivity contribution is 0.0743. The Morgan fingerprint density at radius 3 is 2.95 bits per heavy atom. The molecule has 2 heterocycles. The van der Waals surface area contributed by atoms with Crippen molar-refractivity contribution in [1.29, 1.82) is 0 Å². The zero-order chi connectivity index (χ0) is 13.2. The van der Waals surface area contributed by atoms with Crippen molar-refractivity contribution >= 4 is 16.8 Å². The van der Waals surface area contributed by atoms with Crippen LogP contribution in [0.15, 0.2) is 30.5 Å². The maximum absolute atomic E-state index is 12.6. The van der Waals surface area contributed by atoms with Crippen molar-refractivity contribution in [3.63, 3.8) is 0 Å². The molecule has 0 spiro atoms. The summed E-state index contributed by atoms with van der Waals surface area (Å²) in [4.78, 5) is 14.5. The Morgan fingerprint density at radius 1 is 1.21 bits per heavy atom. The lowest BCUT2D eigenvalue weighted by atomic mass is 10.1. The summed E-state index contributed by atoms with van der Waals surface area (Å²) in [5.74, 6) is 0.113. The first-order chi connectivity index (χ1) is 9.27. The number of rotatable bonds is 1. The number of amides is 1. The van der Waals surface area contributed by atoms with Gasteiger partial charge in [-0.15, -0.1) is 0 Å². The van der Waals surface area contributed by atoms with Gasteiger partial charge >= 0.3 is 0 Å². The van der Waals surface area contributed by atoms with Gasteiger partial charge in [-0.3, -0.25) is 4.79 Å². The third kappa shape index (κ3) is 2.24. The van der Waals surface area contributed by atoms with Crippen LogP contribution in [0.25, 0.3) is 10.9 Å². The Kier molecular flexibility index (Phi) is 3.25. The molecule has 1 fully saturated rings. The largest absolute Gasteiger partial charge is 0.380 e. The van der Waals surface area contributed by atoms with E-state index in [1.165, 1.54) is 0 Å². The molecule has 0 radical (unpaired) electrons. The fourth-order valence-electron chi connectivity index (χ4n) is 2.63. The van der Waals surface area contributed by atoms with Crippen molar-refractivity contribution in [2.24, 2.45) is 7.05 Å². The number of nitrogens with zero attached hydrogens (tertiary/aromatic N) is 2. The van der Waals surface area contributed by atoms with Crippen LogP contribution in [0.2, 0.25) is 0 Å². The van der Waals surface area contributed by atoms with E-state index in [-0.39, 0.29) is 5.91 Å². The van der Waals surface area contributed by atoms with Crippen LogP contribution in [0.4, 0.5) is 0 Å². The number of benzene rings is 1. The quantitative estimate of drug-likeness (QED) is 0.784. The van der Waals surface area contributed by atoms with Gasteiger partial charge in [0.1, 0.15) is 0 Å². The molecule has 0 aliphatic carbocycles. The fraction of sp³-hybridized carbons (Fsp3) is 0.400. The molecule has 0 atom stereocenters. The van der Waals surface area contributed by atoms with Gasteiger partial charge in [0, 0.05) is 43.8 Å². The van der Waals surface area contributed by atoms with Crippen molar-refractivity contribution in [2.75, 3.05) is 26.3 Å². The van der Waals surface area contributed by atoms with Gasteiger partial charge < -0.3 is 14.2 Å². The molecule has 1 saturated heterocycles. The summed E-state index contributed by atoms with van der Waals surface area (Å²) in [5.41, 5.74) is 1.89. The van der Waals surface area contributed by atoms with Crippen molar-refractivity contribution in [2.45, 2.75) is 6.42 Å². The van der Waals surface area contributed by atoms with Crippen LogP contribution < -0.4 is 0 Å². The minimum atomic E-state index is 0.113. The van der Waals surface area contributed by atoms with Gasteiger partial charge in [0.05, 0.1) is 12.2 Å². The average molecular weight is 258 g/mol. The first kappa shape index (κ1) is 12.2. The van der Waals surface area contributed by atoms with E-state index in [2.05, 4.69) is 0 Å². The van der Waals surface area contributed by atoms with E-state index in [0.29, 0.717) is 13.2 Å². The molecule has 1 aromatic carbocycles. The second kappa shape index (κ2) is 5.05. The lowest BCUT2D eigenvalue weighted by Crippen LogP contribution is -2.33.